The van der Waals surface area contributed by atoms with Gasteiger partial charge < -0.3 is 19.1 Å². The molecule has 4 aliphatic carbocycles. The summed E-state index contributed by atoms with van der Waals surface area (Å²) in [6.45, 7) is 25.6. The minimum absolute atomic E-state index is 0.000922. The first-order valence-corrected chi connectivity index (χ1v) is 34.9. The maximum atomic E-state index is 14.2. The van der Waals surface area contributed by atoms with Crippen molar-refractivity contribution in [2.24, 2.45) is 45.3 Å². The lowest BCUT2D eigenvalue weighted by Gasteiger charge is -2.48. The lowest BCUT2D eigenvalue weighted by atomic mass is 9.56. The first-order valence-electron chi connectivity index (χ1n) is 27.0. The predicted octanol–water partition coefficient (Wildman–Crippen LogP) is 18.2. The molecule has 452 valence electrons. The third kappa shape index (κ3) is 18.4. The summed E-state index contributed by atoms with van der Waals surface area (Å²) in [6, 6.07) is 0. The molecule has 4 aliphatic rings. The molecule has 0 aromatic carbocycles. The average Bonchev–Trinajstić information content (AvgIpc) is 3.76. The Morgan fingerprint density at radius 2 is 0.909 bits per heavy atom. The summed E-state index contributed by atoms with van der Waals surface area (Å²) < 4.78 is 175. The monoisotopic (exact) mass is 1200 g/mol. The molecule has 4 saturated carbocycles. The first-order chi connectivity index (χ1) is 34.4. The zero-order chi connectivity index (χ0) is 60.1. The number of fused-ring (bicyclic) bond motifs is 2. The number of hydrogen-bond acceptors (Lipinski definition) is 6. The number of aliphatic hydroxyl groups is 2. The van der Waals surface area contributed by atoms with Gasteiger partial charge in [-0.3, -0.25) is 9.59 Å². The van der Waals surface area contributed by atoms with Gasteiger partial charge in [0.05, 0.1) is 16.5 Å². The van der Waals surface area contributed by atoms with Crippen molar-refractivity contribution in [3.05, 3.63) is 24.3 Å². The predicted molar refractivity (Wildman–Crippen MR) is 286 cm³/mol. The van der Waals surface area contributed by atoms with Gasteiger partial charge in [-0.1, -0.05) is 52.7 Å². The van der Waals surface area contributed by atoms with Gasteiger partial charge in [-0.05, 0) is 203 Å². The Morgan fingerprint density at radius 1 is 0.558 bits per heavy atom. The molecule has 4 fully saturated rings. The van der Waals surface area contributed by atoms with Crippen LogP contribution < -0.4 is 0 Å². The van der Waals surface area contributed by atoms with E-state index < -0.39 is 74.6 Å². The summed E-state index contributed by atoms with van der Waals surface area (Å²) >= 11 is 9.53. The molecule has 0 spiro atoms. The highest BCUT2D eigenvalue weighted by molar-refractivity contribution is 6.70. The summed E-state index contributed by atoms with van der Waals surface area (Å²) in [5.41, 5.74) is -12.6. The largest absolute Gasteiger partial charge is 0.429 e. The van der Waals surface area contributed by atoms with E-state index in [0.29, 0.717) is 57.8 Å². The Labute approximate surface area is 463 Å². The highest BCUT2D eigenvalue weighted by Crippen LogP contribution is 2.64. The lowest BCUT2D eigenvalue weighted by molar-refractivity contribution is -0.347. The van der Waals surface area contributed by atoms with Crippen molar-refractivity contribution in [1.29, 1.82) is 0 Å². The molecule has 6 nitrogen and oxygen atoms in total. The highest BCUT2D eigenvalue weighted by Gasteiger charge is 2.72. The number of Topliss-reactive ketones (excluding diaryl/α,β-unsaturated/α-hetero) is 2. The Balaban J connectivity index is 0.000000511. The maximum Gasteiger partial charge on any atom is 0.429 e. The highest BCUT2D eigenvalue weighted by atomic mass is 35.5. The first kappa shape index (κ1) is 71.9. The summed E-state index contributed by atoms with van der Waals surface area (Å²) in [5, 5.41) is 19.8. The van der Waals surface area contributed by atoms with Crippen LogP contribution in [-0.2, 0) is 18.4 Å². The molecule has 4 rings (SSSR count). The van der Waals surface area contributed by atoms with Crippen LogP contribution in [0.3, 0.4) is 0 Å². The molecule has 2 unspecified atom stereocenters. The van der Waals surface area contributed by atoms with Gasteiger partial charge in [-0.15, -0.1) is 23.2 Å². The van der Waals surface area contributed by atoms with E-state index in [9.17, 15) is 72.5 Å². The molecule has 8 atom stereocenters. The Hall–Kier alpha value is -1.17. The summed E-state index contributed by atoms with van der Waals surface area (Å²) in [4.78, 5) is 25.4. The summed E-state index contributed by atoms with van der Waals surface area (Å²) in [7, 11) is -5.10. The van der Waals surface area contributed by atoms with Crippen LogP contribution in [0.25, 0.3) is 0 Å². The van der Waals surface area contributed by atoms with Crippen LogP contribution in [-0.4, -0.2) is 90.9 Å². The van der Waals surface area contributed by atoms with Crippen LogP contribution in [0.15, 0.2) is 24.3 Å². The Kier molecular flexibility index (Phi) is 24.1. The molecule has 22 heteroatoms. The van der Waals surface area contributed by atoms with Crippen molar-refractivity contribution in [2.45, 2.75) is 257 Å². The molecule has 0 aromatic rings. The molecule has 77 heavy (non-hydrogen) atoms. The van der Waals surface area contributed by atoms with Crippen LogP contribution >= 0.6 is 23.2 Å². The van der Waals surface area contributed by atoms with Crippen LogP contribution in [0.1, 0.15) is 171 Å². The van der Waals surface area contributed by atoms with E-state index in [4.69, 9.17) is 32.1 Å². The zero-order valence-electron chi connectivity index (χ0n) is 47.9. The smallest absolute Gasteiger partial charge is 0.413 e. The van der Waals surface area contributed by atoms with Gasteiger partial charge in [-0.2, -0.15) is 52.7 Å². The molecule has 0 aliphatic heterocycles. The third-order valence-electron chi connectivity index (χ3n) is 17.1. The van der Waals surface area contributed by atoms with Gasteiger partial charge in [0.15, 0.2) is 16.6 Å². The average molecular weight is 1200 g/mol. The van der Waals surface area contributed by atoms with Crippen molar-refractivity contribution >= 4 is 51.4 Å². The second-order valence-corrected chi connectivity index (χ2v) is 36.5. The number of carbonyl (C=O) groups excluding carboxylic acids is 2. The van der Waals surface area contributed by atoms with Gasteiger partial charge >= 0.3 is 24.7 Å². The molecule has 0 heterocycles. The van der Waals surface area contributed by atoms with E-state index >= 15 is 0 Å². The second kappa shape index (κ2) is 25.8. The van der Waals surface area contributed by atoms with E-state index in [1.54, 1.807) is 13.8 Å². The zero-order valence-corrected chi connectivity index (χ0v) is 51.4. The topological polar surface area (TPSA) is 93.1 Å². The minimum atomic E-state index is -5.90. The maximum absolute atomic E-state index is 14.2. The number of alkyl halides is 14. The SMILES string of the molecule is CC(C)(CCC[C@](C)(C/C=C\C(O[Si](C)(C)C)(C(F)(F)F)C(F)(F)F)[C@H]1CCC2C(=O)CCC[C@@]21C)O[Si](C)(C)C.CC(C)(O)CCC[C@](C)(C/C=C\C(O)(C(F)(F)F)C(F)(F)F)[C@H]1CCC2C(=O)CCC[C@@]21C.ClCCl. The Bertz CT molecular complexity index is 1960. The second-order valence-electron chi connectivity index (χ2n) is 26.8. The number of carbonyl (C=O) groups is 2. The summed E-state index contributed by atoms with van der Waals surface area (Å²) in [6.07, 6.45) is -10.9. The van der Waals surface area contributed by atoms with Crippen molar-refractivity contribution in [2.75, 3.05) is 5.34 Å². The quantitative estimate of drug-likeness (QED) is 0.0546. The normalized spacial score (nSPS) is 27.1. The molecular formula is C55H90Cl2F12O6Si2. The lowest BCUT2D eigenvalue weighted by Crippen LogP contribution is -2.61. The van der Waals surface area contributed by atoms with E-state index in [1.807, 2.05) is 34.6 Å². The fraction of sp³-hybridized carbons (Fsp3) is 0.891. The van der Waals surface area contributed by atoms with Crippen LogP contribution in [0.5, 0.6) is 0 Å². The van der Waals surface area contributed by atoms with Crippen molar-refractivity contribution in [3.8, 4) is 0 Å². The summed E-state index contributed by atoms with van der Waals surface area (Å²) in [5.74, 6) is 0.103. The van der Waals surface area contributed by atoms with Crippen molar-refractivity contribution < 1.29 is 81.3 Å². The van der Waals surface area contributed by atoms with E-state index in [0.717, 1.165) is 57.1 Å². The molecule has 0 saturated heterocycles. The van der Waals surface area contributed by atoms with Crippen LogP contribution in [0.4, 0.5) is 52.7 Å². The standard InChI is InChI=1S/C30H52F6O3Si2.C24H36F6O3.CH2Cl2/c1-25(2,38-40(5,6)7)17-12-18-26(3,24-16-15-22-23(37)14-11-20-27(22,24)4)19-13-21-28(29(31,32)33,30(34,35)36)39-41(8,9)10;1-19(2,32)11-6-12-20(3,13-7-15-22(33,23(25,26)27)24(28,29)30)18-10-9-16-17(31)8-5-14-21(16,18)4;2-1-3/h13,21-22,24H,11-12,14-20H2,1-10H3;7,15-16,18,32-33H,5-6,8-14H2,1-4H3;1H2/b21-13-;15-7-;/t22?,24-,26-,27+;16?,18-,20-,21+;/m11./s1. The molecular weight excluding hydrogens is 1110 g/mol. The molecule has 0 radical (unpaired) electrons. The van der Waals surface area contributed by atoms with E-state index in [2.05, 4.69) is 26.6 Å². The van der Waals surface area contributed by atoms with Crippen molar-refractivity contribution in [3.63, 3.8) is 0 Å². The van der Waals surface area contributed by atoms with E-state index in [-0.39, 0.29) is 76.4 Å². The third-order valence-corrected chi connectivity index (χ3v) is 19.2. The van der Waals surface area contributed by atoms with Crippen LogP contribution in [0.2, 0.25) is 39.3 Å². The molecule has 0 aromatic heterocycles. The number of allylic oxidation sites excluding steroid dienone is 2. The van der Waals surface area contributed by atoms with Gasteiger partial charge in [0.1, 0.15) is 11.6 Å². The number of hydrogen-bond donors (Lipinski definition) is 2. The number of halogens is 14. The van der Waals surface area contributed by atoms with Gasteiger partial charge in [0, 0.05) is 24.7 Å². The van der Waals surface area contributed by atoms with Gasteiger partial charge in [0.25, 0.3) is 11.2 Å². The molecule has 0 bridgehead atoms. The van der Waals surface area contributed by atoms with Gasteiger partial charge in [0.2, 0.25) is 0 Å². The fourth-order valence-corrected chi connectivity index (χ4v) is 17.1. The Morgan fingerprint density at radius 3 is 1.23 bits per heavy atom. The van der Waals surface area contributed by atoms with Gasteiger partial charge in [-0.25, -0.2) is 0 Å². The van der Waals surface area contributed by atoms with Crippen LogP contribution in [0, 0.1) is 45.3 Å². The number of rotatable bonds is 20. The van der Waals surface area contributed by atoms with Crippen molar-refractivity contribution in [1.82, 2.24) is 0 Å². The number of ketones is 2. The fourth-order valence-electron chi connectivity index (χ4n) is 14.0. The van der Waals surface area contributed by atoms with E-state index in [1.165, 1.54) is 19.6 Å². The molecule has 0 amide bonds. The minimum Gasteiger partial charge on any atom is -0.413 e. The molecule has 2 N–H and O–H groups in total.